The van der Waals surface area contributed by atoms with Crippen LogP contribution < -0.4 is 10.9 Å². The van der Waals surface area contributed by atoms with Gasteiger partial charge in [0.05, 0.1) is 23.1 Å². The molecule has 0 amide bonds. The Hall–Kier alpha value is -2.46. The van der Waals surface area contributed by atoms with Gasteiger partial charge in [0.1, 0.15) is 6.04 Å². The van der Waals surface area contributed by atoms with Crippen LogP contribution in [0.4, 0.5) is 0 Å². The molecule has 0 bridgehead atoms. The molecule has 0 aliphatic heterocycles. The Morgan fingerprint density at radius 2 is 1.78 bits per heavy atom. The monoisotopic (exact) mass is 364 g/mol. The molecule has 0 aliphatic carbocycles. The van der Waals surface area contributed by atoms with Crippen molar-refractivity contribution in [3.63, 3.8) is 0 Å². The number of para-hydroxylation sites is 2. The Morgan fingerprint density at radius 3 is 2.56 bits per heavy atom. The molecule has 4 nitrogen and oxygen atoms in total. The Labute approximate surface area is 161 Å². The summed E-state index contributed by atoms with van der Waals surface area (Å²) in [5, 5.41) is 2.97. The van der Waals surface area contributed by atoms with Crippen LogP contribution in [0.25, 0.3) is 16.6 Å². The third-order valence-electron chi connectivity index (χ3n) is 5.14. The molecule has 27 heavy (non-hydrogen) atoms. The van der Waals surface area contributed by atoms with Gasteiger partial charge in [-0.1, -0.05) is 50.1 Å². The lowest BCUT2D eigenvalue weighted by molar-refractivity contribution is -0.694. The van der Waals surface area contributed by atoms with E-state index in [4.69, 9.17) is 4.98 Å². The van der Waals surface area contributed by atoms with Gasteiger partial charge in [-0.05, 0) is 50.5 Å². The van der Waals surface area contributed by atoms with Crippen LogP contribution in [0.1, 0.15) is 57.0 Å². The lowest BCUT2D eigenvalue weighted by Gasteiger charge is -2.18. The van der Waals surface area contributed by atoms with Crippen LogP contribution >= 0.6 is 0 Å². The maximum atomic E-state index is 13.3. The van der Waals surface area contributed by atoms with Gasteiger partial charge in [-0.2, -0.15) is 0 Å². The molecule has 1 heterocycles. The highest BCUT2D eigenvalue weighted by molar-refractivity contribution is 5.78. The molecule has 1 aromatic heterocycles. The number of hydrogen-bond acceptors (Lipinski definition) is 2. The summed E-state index contributed by atoms with van der Waals surface area (Å²) in [6, 6.07) is 15.8. The largest absolute Gasteiger partial charge is 0.338 e. The fraction of sp³-hybridized carbons (Fsp3) is 0.391. The van der Waals surface area contributed by atoms with Crippen molar-refractivity contribution in [3.8, 4) is 5.69 Å². The van der Waals surface area contributed by atoms with Crippen molar-refractivity contribution in [2.75, 3.05) is 6.54 Å². The smallest absolute Gasteiger partial charge is 0.266 e. The van der Waals surface area contributed by atoms with Gasteiger partial charge in [0, 0.05) is 0 Å². The SMILES string of the molecule is CCCCCC[NH2+][C@@H](C)c1nc2ccccc2c(=O)n1-c1ccccc1C. The number of rotatable bonds is 8. The molecule has 2 aromatic carbocycles. The summed E-state index contributed by atoms with van der Waals surface area (Å²) in [7, 11) is 0. The number of nitrogens with zero attached hydrogens (tertiary/aromatic N) is 2. The van der Waals surface area contributed by atoms with Crippen molar-refractivity contribution < 1.29 is 5.32 Å². The van der Waals surface area contributed by atoms with Crippen molar-refractivity contribution in [3.05, 3.63) is 70.3 Å². The number of aryl methyl sites for hydroxylation is 1. The second-order valence-electron chi connectivity index (χ2n) is 7.29. The third-order valence-corrected chi connectivity index (χ3v) is 5.14. The molecule has 1 atom stereocenters. The first-order chi connectivity index (χ1) is 13.1. The van der Waals surface area contributed by atoms with Crippen LogP contribution in [0, 0.1) is 6.92 Å². The Bertz CT molecular complexity index is 961. The lowest BCUT2D eigenvalue weighted by atomic mass is 10.1. The van der Waals surface area contributed by atoms with Gasteiger partial charge < -0.3 is 5.32 Å². The maximum Gasteiger partial charge on any atom is 0.266 e. The molecule has 0 radical (unpaired) electrons. The predicted molar refractivity (Wildman–Crippen MR) is 111 cm³/mol. The van der Waals surface area contributed by atoms with Gasteiger partial charge in [0.15, 0.2) is 5.82 Å². The maximum absolute atomic E-state index is 13.3. The van der Waals surface area contributed by atoms with E-state index in [1.165, 1.54) is 25.7 Å². The molecular weight excluding hydrogens is 334 g/mol. The molecule has 3 aromatic rings. The van der Waals surface area contributed by atoms with Crippen LogP contribution in [0.5, 0.6) is 0 Å². The summed E-state index contributed by atoms with van der Waals surface area (Å²) in [6.45, 7) is 7.47. The topological polar surface area (TPSA) is 51.5 Å². The second-order valence-corrected chi connectivity index (χ2v) is 7.29. The average molecular weight is 365 g/mol. The zero-order chi connectivity index (χ0) is 19.2. The quantitative estimate of drug-likeness (QED) is 0.616. The van der Waals surface area contributed by atoms with E-state index in [9.17, 15) is 4.79 Å². The predicted octanol–water partition coefficient (Wildman–Crippen LogP) is 3.90. The minimum atomic E-state index is 0.0103. The highest BCUT2D eigenvalue weighted by atomic mass is 16.1. The molecule has 2 N–H and O–H groups in total. The number of nitrogens with two attached hydrogens (primary N) is 1. The number of fused-ring (bicyclic) bond motifs is 1. The molecule has 0 saturated heterocycles. The van der Waals surface area contributed by atoms with E-state index in [1.807, 2.05) is 60.0 Å². The molecule has 0 fully saturated rings. The minimum Gasteiger partial charge on any atom is -0.338 e. The molecular formula is C23H30N3O+. The molecule has 0 aliphatic rings. The van der Waals surface area contributed by atoms with Gasteiger partial charge in [-0.15, -0.1) is 0 Å². The van der Waals surface area contributed by atoms with Crippen molar-refractivity contribution >= 4 is 10.9 Å². The highest BCUT2D eigenvalue weighted by Crippen LogP contribution is 2.18. The fourth-order valence-corrected chi connectivity index (χ4v) is 3.55. The molecule has 0 spiro atoms. The van der Waals surface area contributed by atoms with Gasteiger partial charge in [-0.25, -0.2) is 4.98 Å². The number of quaternary nitrogens is 1. The molecule has 0 unspecified atom stereocenters. The van der Waals surface area contributed by atoms with E-state index in [1.54, 1.807) is 0 Å². The van der Waals surface area contributed by atoms with Gasteiger partial charge >= 0.3 is 0 Å². The highest BCUT2D eigenvalue weighted by Gasteiger charge is 2.20. The van der Waals surface area contributed by atoms with Crippen molar-refractivity contribution in [1.82, 2.24) is 9.55 Å². The standard InChI is InChI=1S/C23H29N3O/c1-4-5-6-11-16-24-18(3)22-25-20-14-9-8-13-19(20)23(27)26(22)21-15-10-7-12-17(21)2/h7-10,12-15,18,24H,4-6,11,16H2,1-3H3/p+1/t18-/m0/s1. The summed E-state index contributed by atoms with van der Waals surface area (Å²) in [5.74, 6) is 0.823. The first-order valence-electron chi connectivity index (χ1n) is 10.0. The first-order valence-corrected chi connectivity index (χ1v) is 10.0. The van der Waals surface area contributed by atoms with Crippen LogP contribution in [0.3, 0.4) is 0 Å². The van der Waals surface area contributed by atoms with E-state index in [2.05, 4.69) is 19.2 Å². The molecule has 142 valence electrons. The Kier molecular flexibility index (Phi) is 6.40. The van der Waals surface area contributed by atoms with E-state index in [-0.39, 0.29) is 11.6 Å². The van der Waals surface area contributed by atoms with Crippen molar-refractivity contribution in [1.29, 1.82) is 0 Å². The molecule has 0 saturated carbocycles. The second kappa shape index (κ2) is 8.96. The summed E-state index contributed by atoms with van der Waals surface area (Å²) >= 11 is 0. The van der Waals surface area contributed by atoms with E-state index >= 15 is 0 Å². The summed E-state index contributed by atoms with van der Waals surface area (Å²) in [5.41, 5.74) is 2.78. The number of aromatic nitrogens is 2. The van der Waals surface area contributed by atoms with E-state index in [0.29, 0.717) is 5.39 Å². The van der Waals surface area contributed by atoms with Gasteiger partial charge in [0.2, 0.25) is 0 Å². The Morgan fingerprint density at radius 1 is 1.04 bits per heavy atom. The lowest BCUT2D eigenvalue weighted by Crippen LogP contribution is -2.85. The van der Waals surface area contributed by atoms with Crippen LogP contribution in [0.15, 0.2) is 53.3 Å². The molecule has 4 heteroatoms. The minimum absolute atomic E-state index is 0.0103. The van der Waals surface area contributed by atoms with E-state index < -0.39 is 0 Å². The third kappa shape index (κ3) is 4.28. The average Bonchev–Trinajstić information content (AvgIpc) is 2.68. The van der Waals surface area contributed by atoms with Gasteiger partial charge in [-0.3, -0.25) is 9.36 Å². The number of benzene rings is 2. The summed E-state index contributed by atoms with van der Waals surface area (Å²) < 4.78 is 1.81. The zero-order valence-electron chi connectivity index (χ0n) is 16.6. The Balaban J connectivity index is 2.03. The zero-order valence-corrected chi connectivity index (χ0v) is 16.6. The van der Waals surface area contributed by atoms with Crippen molar-refractivity contribution in [2.24, 2.45) is 0 Å². The van der Waals surface area contributed by atoms with Crippen LogP contribution in [-0.2, 0) is 0 Å². The van der Waals surface area contributed by atoms with Crippen molar-refractivity contribution in [2.45, 2.75) is 52.5 Å². The van der Waals surface area contributed by atoms with Crippen LogP contribution in [0.2, 0.25) is 0 Å². The molecule has 3 rings (SSSR count). The normalized spacial score (nSPS) is 12.4. The van der Waals surface area contributed by atoms with E-state index in [0.717, 1.165) is 29.1 Å². The van der Waals surface area contributed by atoms with Gasteiger partial charge in [0.25, 0.3) is 5.56 Å². The fourth-order valence-electron chi connectivity index (χ4n) is 3.55. The number of unbranched alkanes of at least 4 members (excludes halogenated alkanes) is 3. The first kappa shape index (κ1) is 19.3. The summed E-state index contributed by atoms with van der Waals surface area (Å²) in [6.07, 6.45) is 4.98. The van der Waals surface area contributed by atoms with Crippen LogP contribution in [-0.4, -0.2) is 16.1 Å². The summed E-state index contributed by atoms with van der Waals surface area (Å²) in [4.78, 5) is 18.2. The number of hydrogen-bond donors (Lipinski definition) is 1.